The molecular weight excluding hydrogens is 266 g/mol. The van der Waals surface area contributed by atoms with E-state index in [-0.39, 0.29) is 0 Å². The summed E-state index contributed by atoms with van der Waals surface area (Å²) in [6.07, 6.45) is 6.07. The van der Waals surface area contributed by atoms with Gasteiger partial charge in [-0.2, -0.15) is 0 Å². The van der Waals surface area contributed by atoms with Crippen LogP contribution in [0.2, 0.25) is 0 Å². The topological polar surface area (TPSA) is 58.4 Å². The van der Waals surface area contributed by atoms with Gasteiger partial charge in [0.25, 0.3) is 0 Å². The molecule has 2 heterocycles. The minimum absolute atomic E-state index is 0.336. The van der Waals surface area contributed by atoms with Gasteiger partial charge >= 0.3 is 5.97 Å². The zero-order valence-corrected chi connectivity index (χ0v) is 12.0. The number of hydrogen-bond donors (Lipinski definition) is 1. The number of hydrogen-bond acceptors (Lipinski definition) is 3. The Balaban J connectivity index is 1.88. The molecule has 21 heavy (non-hydrogen) atoms. The number of carbonyl (C=O) groups is 1. The van der Waals surface area contributed by atoms with Crippen molar-refractivity contribution in [3.8, 4) is 0 Å². The molecule has 1 aliphatic carbocycles. The van der Waals surface area contributed by atoms with E-state index in [1.807, 2.05) is 6.07 Å². The number of rotatable bonds is 3. The SMILES string of the molecule is O=C(O)c1ccc2nc(C3CC3)n(N3CCCCC3)c2c1. The summed E-state index contributed by atoms with van der Waals surface area (Å²) in [5, 5.41) is 11.6. The van der Waals surface area contributed by atoms with Crippen LogP contribution < -0.4 is 5.01 Å². The van der Waals surface area contributed by atoms with Crippen LogP contribution in [0.15, 0.2) is 18.2 Å². The number of carboxylic acid groups (broad SMARTS) is 1. The Morgan fingerprint density at radius 1 is 1.19 bits per heavy atom. The molecule has 110 valence electrons. The van der Waals surface area contributed by atoms with Crippen LogP contribution in [-0.2, 0) is 0 Å². The van der Waals surface area contributed by atoms with Gasteiger partial charge in [-0.1, -0.05) is 0 Å². The highest BCUT2D eigenvalue weighted by Gasteiger charge is 2.31. The fourth-order valence-electron chi connectivity index (χ4n) is 3.20. The average Bonchev–Trinajstić information content (AvgIpc) is 3.28. The Labute approximate surface area is 123 Å². The van der Waals surface area contributed by atoms with E-state index in [4.69, 9.17) is 4.98 Å². The third-order valence-electron chi connectivity index (χ3n) is 4.46. The minimum atomic E-state index is -0.878. The summed E-state index contributed by atoms with van der Waals surface area (Å²) in [6.45, 7) is 2.06. The summed E-state index contributed by atoms with van der Waals surface area (Å²) < 4.78 is 2.21. The Kier molecular flexibility index (Phi) is 2.87. The number of aromatic nitrogens is 2. The van der Waals surface area contributed by atoms with Gasteiger partial charge in [-0.25, -0.2) is 14.5 Å². The molecule has 0 bridgehead atoms. The molecule has 0 spiro atoms. The molecule has 1 aliphatic heterocycles. The first-order valence-electron chi connectivity index (χ1n) is 7.75. The monoisotopic (exact) mass is 285 g/mol. The fourth-order valence-corrected chi connectivity index (χ4v) is 3.20. The number of carboxylic acids is 1. The van der Waals surface area contributed by atoms with Crippen LogP contribution in [0.5, 0.6) is 0 Å². The van der Waals surface area contributed by atoms with E-state index in [2.05, 4.69) is 9.69 Å². The van der Waals surface area contributed by atoms with Crippen molar-refractivity contribution in [2.75, 3.05) is 18.1 Å². The number of fused-ring (bicyclic) bond motifs is 1. The maximum Gasteiger partial charge on any atom is 0.335 e. The second-order valence-corrected chi connectivity index (χ2v) is 6.08. The van der Waals surface area contributed by atoms with Crippen molar-refractivity contribution in [1.29, 1.82) is 0 Å². The lowest BCUT2D eigenvalue weighted by Crippen LogP contribution is -2.40. The molecule has 1 aromatic carbocycles. The van der Waals surface area contributed by atoms with E-state index in [1.165, 1.54) is 32.1 Å². The van der Waals surface area contributed by atoms with Crippen LogP contribution in [0.25, 0.3) is 11.0 Å². The molecule has 2 fully saturated rings. The molecule has 1 saturated carbocycles. The lowest BCUT2D eigenvalue weighted by molar-refractivity contribution is 0.0697. The molecule has 5 heteroatoms. The van der Waals surface area contributed by atoms with Gasteiger partial charge in [0.15, 0.2) is 0 Å². The van der Waals surface area contributed by atoms with E-state index >= 15 is 0 Å². The summed E-state index contributed by atoms with van der Waals surface area (Å²) in [7, 11) is 0. The van der Waals surface area contributed by atoms with E-state index in [9.17, 15) is 9.90 Å². The Morgan fingerprint density at radius 2 is 1.95 bits per heavy atom. The predicted octanol–water partition coefficient (Wildman–Crippen LogP) is 2.73. The molecule has 4 rings (SSSR count). The van der Waals surface area contributed by atoms with Crippen molar-refractivity contribution < 1.29 is 9.90 Å². The van der Waals surface area contributed by atoms with Crippen molar-refractivity contribution in [1.82, 2.24) is 9.66 Å². The van der Waals surface area contributed by atoms with Gasteiger partial charge < -0.3 is 10.1 Å². The molecule has 0 unspecified atom stereocenters. The predicted molar refractivity (Wildman–Crippen MR) is 80.5 cm³/mol. The Hall–Kier alpha value is -2.04. The van der Waals surface area contributed by atoms with Crippen molar-refractivity contribution in [2.24, 2.45) is 0 Å². The highest BCUT2D eigenvalue weighted by atomic mass is 16.4. The molecule has 2 aliphatic rings. The first kappa shape index (κ1) is 12.7. The van der Waals surface area contributed by atoms with Gasteiger partial charge in [0.05, 0.1) is 16.6 Å². The van der Waals surface area contributed by atoms with Crippen molar-refractivity contribution in [2.45, 2.75) is 38.0 Å². The lowest BCUT2D eigenvalue weighted by atomic mass is 10.1. The number of piperidine rings is 1. The highest BCUT2D eigenvalue weighted by Crippen LogP contribution is 2.41. The van der Waals surface area contributed by atoms with E-state index < -0.39 is 5.97 Å². The summed E-state index contributed by atoms with van der Waals surface area (Å²) in [5.41, 5.74) is 2.19. The van der Waals surface area contributed by atoms with Crippen LogP contribution in [-0.4, -0.2) is 33.8 Å². The van der Waals surface area contributed by atoms with Crippen LogP contribution in [0.3, 0.4) is 0 Å². The van der Waals surface area contributed by atoms with Gasteiger partial charge in [0, 0.05) is 19.0 Å². The highest BCUT2D eigenvalue weighted by molar-refractivity contribution is 5.92. The standard InChI is InChI=1S/C16H19N3O2/c20-16(21)12-6-7-13-14(10-12)19(15(17-13)11-4-5-11)18-8-2-1-3-9-18/h6-7,10-11H,1-5,8-9H2,(H,20,21). The molecule has 0 atom stereocenters. The molecule has 2 aromatic rings. The summed E-state index contributed by atoms with van der Waals surface area (Å²) in [4.78, 5) is 16.0. The zero-order chi connectivity index (χ0) is 14.4. The van der Waals surface area contributed by atoms with E-state index in [0.29, 0.717) is 11.5 Å². The summed E-state index contributed by atoms with van der Waals surface area (Å²) in [6, 6.07) is 5.26. The smallest absolute Gasteiger partial charge is 0.335 e. The van der Waals surface area contributed by atoms with Gasteiger partial charge in [0.1, 0.15) is 5.82 Å². The average molecular weight is 285 g/mol. The molecule has 1 aromatic heterocycles. The second-order valence-electron chi connectivity index (χ2n) is 6.08. The fraction of sp³-hybridized carbons (Fsp3) is 0.500. The third-order valence-corrected chi connectivity index (χ3v) is 4.46. The molecule has 1 saturated heterocycles. The van der Waals surface area contributed by atoms with E-state index in [1.54, 1.807) is 12.1 Å². The summed E-state index contributed by atoms with van der Waals surface area (Å²) >= 11 is 0. The number of benzene rings is 1. The quantitative estimate of drug-likeness (QED) is 0.942. The van der Waals surface area contributed by atoms with Crippen LogP contribution in [0.4, 0.5) is 0 Å². The number of aromatic carboxylic acids is 1. The minimum Gasteiger partial charge on any atom is -0.478 e. The van der Waals surface area contributed by atoms with Gasteiger partial charge in [-0.15, -0.1) is 0 Å². The number of nitrogens with zero attached hydrogens (tertiary/aromatic N) is 3. The van der Waals surface area contributed by atoms with Crippen LogP contribution in [0, 0.1) is 0 Å². The maximum absolute atomic E-state index is 11.2. The first-order valence-corrected chi connectivity index (χ1v) is 7.75. The van der Waals surface area contributed by atoms with Gasteiger partial charge in [0.2, 0.25) is 0 Å². The van der Waals surface area contributed by atoms with Crippen molar-refractivity contribution in [3.63, 3.8) is 0 Å². The molecule has 0 radical (unpaired) electrons. The van der Waals surface area contributed by atoms with Crippen LogP contribution >= 0.6 is 0 Å². The lowest BCUT2D eigenvalue weighted by Gasteiger charge is -2.31. The molecule has 1 N–H and O–H groups in total. The summed E-state index contributed by atoms with van der Waals surface area (Å²) in [5.74, 6) is 0.790. The molecular formula is C16H19N3O2. The normalized spacial score (nSPS) is 19.1. The van der Waals surface area contributed by atoms with Crippen LogP contribution in [0.1, 0.15) is 54.2 Å². The van der Waals surface area contributed by atoms with Crippen molar-refractivity contribution >= 4 is 17.0 Å². The van der Waals surface area contributed by atoms with Gasteiger partial charge in [-0.3, -0.25) is 0 Å². The maximum atomic E-state index is 11.2. The Morgan fingerprint density at radius 3 is 2.62 bits per heavy atom. The molecule has 5 nitrogen and oxygen atoms in total. The first-order chi connectivity index (χ1) is 10.2. The molecule has 0 amide bonds. The Bertz CT molecular complexity index is 697. The van der Waals surface area contributed by atoms with Crippen molar-refractivity contribution in [3.05, 3.63) is 29.6 Å². The third kappa shape index (κ3) is 2.17. The number of imidazole rings is 1. The largest absolute Gasteiger partial charge is 0.478 e. The zero-order valence-electron chi connectivity index (χ0n) is 12.0. The van der Waals surface area contributed by atoms with Gasteiger partial charge in [-0.05, 0) is 50.3 Å². The van der Waals surface area contributed by atoms with E-state index in [0.717, 1.165) is 29.9 Å². The second kappa shape index (κ2) is 4.76.